The largest absolute Gasteiger partial charge is 0.478 e. The Kier molecular flexibility index (Phi) is 3.55. The van der Waals surface area contributed by atoms with Crippen LogP contribution in [0.3, 0.4) is 0 Å². The van der Waals surface area contributed by atoms with Gasteiger partial charge in [-0.05, 0) is 30.3 Å². The summed E-state index contributed by atoms with van der Waals surface area (Å²) in [5.74, 6) is -1.08. The smallest absolute Gasteiger partial charge is 0.335 e. The summed E-state index contributed by atoms with van der Waals surface area (Å²) in [5.41, 5.74) is 0.0724. The van der Waals surface area contributed by atoms with E-state index in [2.05, 4.69) is 4.98 Å². The minimum absolute atomic E-state index is 0.0724. The van der Waals surface area contributed by atoms with E-state index >= 15 is 0 Å². The predicted molar refractivity (Wildman–Crippen MR) is 70.0 cm³/mol. The van der Waals surface area contributed by atoms with Crippen LogP contribution in [0.2, 0.25) is 5.02 Å². The van der Waals surface area contributed by atoms with Crippen molar-refractivity contribution in [2.45, 2.75) is 9.79 Å². The molecule has 0 fully saturated rings. The third-order valence-electron chi connectivity index (χ3n) is 2.44. The summed E-state index contributed by atoms with van der Waals surface area (Å²) in [6, 6.07) is 6.75. The molecule has 1 atom stereocenters. The maximum atomic E-state index is 12.4. The SMILES string of the molecule is N=S(=O)(c1ccc(C(=O)O)cc1)c1cncc(Cl)c1. The number of rotatable bonds is 3. The van der Waals surface area contributed by atoms with Crippen molar-refractivity contribution < 1.29 is 14.1 Å². The summed E-state index contributed by atoms with van der Waals surface area (Å²) >= 11 is 5.76. The van der Waals surface area contributed by atoms with E-state index in [1.807, 2.05) is 0 Å². The van der Waals surface area contributed by atoms with Gasteiger partial charge in [-0.3, -0.25) is 4.98 Å². The second kappa shape index (κ2) is 4.99. The van der Waals surface area contributed by atoms with E-state index < -0.39 is 15.7 Å². The lowest BCUT2D eigenvalue weighted by Gasteiger charge is -2.08. The molecular formula is C12H9ClN2O3S. The van der Waals surface area contributed by atoms with Gasteiger partial charge in [-0.1, -0.05) is 11.6 Å². The predicted octanol–water partition coefficient (Wildman–Crippen LogP) is 2.90. The first kappa shape index (κ1) is 13.5. The fourth-order valence-electron chi connectivity index (χ4n) is 1.47. The molecule has 0 amide bonds. The number of nitrogens with one attached hydrogen (secondary N) is 1. The van der Waals surface area contributed by atoms with E-state index in [1.54, 1.807) is 0 Å². The number of aromatic nitrogens is 1. The molecule has 5 nitrogen and oxygen atoms in total. The average Bonchev–Trinajstić information content (AvgIpc) is 2.39. The first-order valence-corrected chi connectivity index (χ1v) is 7.07. The first-order chi connectivity index (χ1) is 8.91. The zero-order valence-electron chi connectivity index (χ0n) is 9.54. The van der Waals surface area contributed by atoms with Crippen molar-refractivity contribution in [2.75, 3.05) is 0 Å². The summed E-state index contributed by atoms with van der Waals surface area (Å²) in [6.45, 7) is 0. The van der Waals surface area contributed by atoms with Gasteiger partial charge in [0.1, 0.15) is 9.73 Å². The Labute approximate surface area is 114 Å². The van der Waals surface area contributed by atoms with Crippen molar-refractivity contribution in [1.82, 2.24) is 4.98 Å². The minimum Gasteiger partial charge on any atom is -0.478 e. The summed E-state index contributed by atoms with van der Waals surface area (Å²) in [6.07, 6.45) is 2.69. The Hall–Kier alpha value is -1.92. The van der Waals surface area contributed by atoms with Crippen LogP contribution in [0.25, 0.3) is 0 Å². The molecule has 2 N–H and O–H groups in total. The highest BCUT2D eigenvalue weighted by atomic mass is 35.5. The number of carboxylic acids is 1. The first-order valence-electron chi connectivity index (χ1n) is 5.14. The lowest BCUT2D eigenvalue weighted by Crippen LogP contribution is -2.02. The molecule has 0 spiro atoms. The van der Waals surface area contributed by atoms with Gasteiger partial charge in [0.05, 0.1) is 20.4 Å². The van der Waals surface area contributed by atoms with Gasteiger partial charge in [-0.2, -0.15) is 0 Å². The zero-order valence-corrected chi connectivity index (χ0v) is 11.1. The fourth-order valence-corrected chi connectivity index (χ4v) is 3.01. The van der Waals surface area contributed by atoms with Crippen molar-refractivity contribution in [1.29, 1.82) is 4.78 Å². The lowest BCUT2D eigenvalue weighted by molar-refractivity contribution is 0.0697. The van der Waals surface area contributed by atoms with Crippen molar-refractivity contribution in [2.24, 2.45) is 0 Å². The van der Waals surface area contributed by atoms with Crippen LogP contribution in [0.4, 0.5) is 0 Å². The molecule has 0 aliphatic rings. The van der Waals surface area contributed by atoms with Crippen LogP contribution < -0.4 is 0 Å². The van der Waals surface area contributed by atoms with Crippen LogP contribution in [-0.2, 0) is 9.73 Å². The van der Waals surface area contributed by atoms with E-state index in [0.29, 0.717) is 5.02 Å². The van der Waals surface area contributed by atoms with Crippen molar-refractivity contribution in [3.63, 3.8) is 0 Å². The molecule has 0 radical (unpaired) electrons. The van der Waals surface area contributed by atoms with Crippen LogP contribution in [0.5, 0.6) is 0 Å². The number of aromatic carboxylic acids is 1. The topological polar surface area (TPSA) is 91.1 Å². The van der Waals surface area contributed by atoms with Gasteiger partial charge in [0.2, 0.25) is 0 Å². The number of hydrogen-bond donors (Lipinski definition) is 2. The molecule has 0 aliphatic carbocycles. The van der Waals surface area contributed by atoms with Crippen LogP contribution >= 0.6 is 11.6 Å². The fraction of sp³-hybridized carbons (Fsp3) is 0. The number of nitrogens with zero attached hydrogens (tertiary/aromatic N) is 1. The van der Waals surface area contributed by atoms with E-state index in [4.69, 9.17) is 21.5 Å². The second-order valence-electron chi connectivity index (χ2n) is 3.72. The van der Waals surface area contributed by atoms with E-state index in [0.717, 1.165) is 0 Å². The normalized spacial score (nSPS) is 13.7. The Morgan fingerprint density at radius 1 is 1.21 bits per heavy atom. The number of carboxylic acid groups (broad SMARTS) is 1. The van der Waals surface area contributed by atoms with Gasteiger partial charge in [-0.15, -0.1) is 0 Å². The highest BCUT2D eigenvalue weighted by Crippen LogP contribution is 2.23. The Morgan fingerprint density at radius 3 is 2.37 bits per heavy atom. The molecule has 0 bridgehead atoms. The molecule has 1 heterocycles. The Morgan fingerprint density at radius 2 is 1.84 bits per heavy atom. The molecule has 7 heteroatoms. The average molecular weight is 297 g/mol. The monoisotopic (exact) mass is 296 g/mol. The molecule has 98 valence electrons. The van der Waals surface area contributed by atoms with E-state index in [9.17, 15) is 9.00 Å². The van der Waals surface area contributed by atoms with Gasteiger partial charge in [-0.25, -0.2) is 13.8 Å². The summed E-state index contributed by atoms with van der Waals surface area (Å²) in [5, 5.41) is 9.08. The standard InChI is InChI=1S/C12H9ClN2O3S/c13-9-5-11(7-15-6-9)19(14,18)10-3-1-8(2-4-10)12(16)17/h1-7,14H,(H,16,17). The van der Waals surface area contributed by atoms with Crippen molar-refractivity contribution in [3.05, 3.63) is 53.3 Å². The van der Waals surface area contributed by atoms with Crippen molar-refractivity contribution in [3.8, 4) is 0 Å². The van der Waals surface area contributed by atoms with Gasteiger partial charge < -0.3 is 5.11 Å². The molecule has 0 aliphatic heterocycles. The highest BCUT2D eigenvalue weighted by molar-refractivity contribution is 7.92. The molecule has 2 rings (SSSR count). The maximum Gasteiger partial charge on any atom is 0.335 e. The molecule has 19 heavy (non-hydrogen) atoms. The van der Waals surface area contributed by atoms with Crippen LogP contribution in [0, 0.1) is 4.78 Å². The third-order valence-corrected chi connectivity index (χ3v) is 4.47. The number of benzene rings is 1. The van der Waals surface area contributed by atoms with Crippen LogP contribution in [-0.4, -0.2) is 20.3 Å². The molecular weight excluding hydrogens is 288 g/mol. The number of carbonyl (C=O) groups is 1. The minimum atomic E-state index is -3.24. The summed E-state index contributed by atoms with van der Waals surface area (Å²) in [4.78, 5) is 14.9. The zero-order chi connectivity index (χ0) is 14.0. The van der Waals surface area contributed by atoms with Crippen molar-refractivity contribution >= 4 is 27.3 Å². The van der Waals surface area contributed by atoms with E-state index in [1.165, 1.54) is 42.7 Å². The molecule has 0 saturated heterocycles. The van der Waals surface area contributed by atoms with Gasteiger partial charge >= 0.3 is 5.97 Å². The van der Waals surface area contributed by atoms with Gasteiger partial charge in [0.25, 0.3) is 0 Å². The third kappa shape index (κ3) is 2.74. The quantitative estimate of drug-likeness (QED) is 0.911. The Bertz CT molecular complexity index is 727. The second-order valence-corrected chi connectivity index (χ2v) is 6.22. The van der Waals surface area contributed by atoms with E-state index in [-0.39, 0.29) is 15.4 Å². The lowest BCUT2D eigenvalue weighted by atomic mass is 10.2. The number of pyridine rings is 1. The summed E-state index contributed by atoms with van der Waals surface area (Å²) < 4.78 is 20.4. The van der Waals surface area contributed by atoms with Gasteiger partial charge in [0, 0.05) is 12.4 Å². The molecule has 1 unspecified atom stereocenters. The number of halogens is 1. The van der Waals surface area contributed by atoms with Crippen LogP contribution in [0.15, 0.2) is 52.5 Å². The van der Waals surface area contributed by atoms with Gasteiger partial charge in [0.15, 0.2) is 0 Å². The maximum absolute atomic E-state index is 12.4. The Balaban J connectivity index is 2.48. The molecule has 1 aromatic heterocycles. The highest BCUT2D eigenvalue weighted by Gasteiger charge is 2.15. The molecule has 1 aromatic carbocycles. The molecule has 2 aromatic rings. The number of hydrogen-bond acceptors (Lipinski definition) is 4. The summed E-state index contributed by atoms with van der Waals surface area (Å²) in [7, 11) is -3.24. The molecule has 0 saturated carbocycles. The van der Waals surface area contributed by atoms with Crippen LogP contribution in [0.1, 0.15) is 10.4 Å².